The molecule has 3 aromatic rings. The van der Waals surface area contributed by atoms with E-state index in [1.165, 1.54) is 6.92 Å². The van der Waals surface area contributed by atoms with Gasteiger partial charge in [-0.1, -0.05) is 25.5 Å². The fourth-order valence-electron chi connectivity index (χ4n) is 3.53. The zero-order valence-electron chi connectivity index (χ0n) is 18.0. The fraction of sp³-hybridized carbons (Fsp3) is 0.333. The molecule has 7 heteroatoms. The van der Waals surface area contributed by atoms with Gasteiger partial charge in [0.15, 0.2) is 11.5 Å². The molecule has 0 saturated heterocycles. The lowest BCUT2D eigenvalue weighted by atomic mass is 10.0. The number of nitrogen functional groups attached to an aromatic ring is 1. The van der Waals surface area contributed by atoms with Crippen molar-refractivity contribution in [3.63, 3.8) is 0 Å². The molecule has 164 valence electrons. The standard InChI is InChI=1S/C24H27NO5S/c1-4-7-17-19(11-10-16(15(3)26)20(17)25)31-13-6-12-29-22-18-9-5-8-14(2)21(18)30-23(22)24(27)28/h5,8-11H,4,6-7,12-13,25H2,1-3H3,(H,27,28). The van der Waals surface area contributed by atoms with Crippen LogP contribution < -0.4 is 10.5 Å². The van der Waals surface area contributed by atoms with E-state index in [1.807, 2.05) is 25.1 Å². The number of hydrogen-bond acceptors (Lipinski definition) is 6. The highest BCUT2D eigenvalue weighted by molar-refractivity contribution is 7.99. The molecule has 0 aliphatic heterocycles. The third-order valence-corrected chi connectivity index (χ3v) is 6.23. The Balaban J connectivity index is 1.67. The van der Waals surface area contributed by atoms with E-state index in [9.17, 15) is 14.7 Å². The molecule has 3 N–H and O–H groups in total. The Labute approximate surface area is 185 Å². The topological polar surface area (TPSA) is 103 Å². The van der Waals surface area contributed by atoms with Crippen LogP contribution in [0.5, 0.6) is 5.75 Å². The van der Waals surface area contributed by atoms with Crippen LogP contribution in [-0.2, 0) is 6.42 Å². The fourth-order valence-corrected chi connectivity index (χ4v) is 4.56. The van der Waals surface area contributed by atoms with Crippen molar-refractivity contribution in [2.75, 3.05) is 18.1 Å². The number of carbonyl (C=O) groups is 2. The van der Waals surface area contributed by atoms with E-state index in [4.69, 9.17) is 14.9 Å². The number of hydrogen-bond donors (Lipinski definition) is 2. The van der Waals surface area contributed by atoms with Crippen molar-refractivity contribution in [3.8, 4) is 5.75 Å². The number of benzene rings is 2. The number of aromatic carboxylic acids is 1. The van der Waals surface area contributed by atoms with Gasteiger partial charge in [0.2, 0.25) is 0 Å². The van der Waals surface area contributed by atoms with Crippen molar-refractivity contribution < 1.29 is 23.8 Å². The average Bonchev–Trinajstić information content (AvgIpc) is 3.10. The van der Waals surface area contributed by atoms with Gasteiger partial charge in [-0.25, -0.2) is 4.79 Å². The number of Topliss-reactive ketones (excluding diaryl/α,β-unsaturated/α-hetero) is 1. The normalized spacial score (nSPS) is 11.1. The van der Waals surface area contributed by atoms with Crippen LogP contribution in [0.2, 0.25) is 0 Å². The zero-order valence-corrected chi connectivity index (χ0v) is 18.8. The number of para-hydroxylation sites is 1. The molecular formula is C24H27NO5S. The summed E-state index contributed by atoms with van der Waals surface area (Å²) >= 11 is 1.66. The van der Waals surface area contributed by atoms with E-state index in [1.54, 1.807) is 23.9 Å². The number of thioether (sulfide) groups is 1. The maximum atomic E-state index is 11.8. The third-order valence-electron chi connectivity index (χ3n) is 5.05. The number of carboxylic acid groups (broad SMARTS) is 1. The first-order valence-electron chi connectivity index (χ1n) is 10.3. The summed E-state index contributed by atoms with van der Waals surface area (Å²) in [5.41, 5.74) is 9.81. The summed E-state index contributed by atoms with van der Waals surface area (Å²) in [6.07, 6.45) is 2.46. The number of fused-ring (bicyclic) bond motifs is 1. The van der Waals surface area contributed by atoms with E-state index >= 15 is 0 Å². The second-order valence-corrected chi connectivity index (χ2v) is 8.51. The predicted octanol–water partition coefficient (Wildman–Crippen LogP) is 5.74. The van der Waals surface area contributed by atoms with Crippen molar-refractivity contribution in [1.82, 2.24) is 0 Å². The van der Waals surface area contributed by atoms with Gasteiger partial charge in [-0.05, 0) is 56.0 Å². The molecule has 0 fully saturated rings. The van der Waals surface area contributed by atoms with Crippen LogP contribution in [0.25, 0.3) is 11.0 Å². The lowest BCUT2D eigenvalue weighted by Crippen LogP contribution is -2.06. The van der Waals surface area contributed by atoms with Gasteiger partial charge in [0.05, 0.1) is 12.0 Å². The van der Waals surface area contributed by atoms with Gasteiger partial charge < -0.3 is 20.0 Å². The van der Waals surface area contributed by atoms with Crippen molar-refractivity contribution in [3.05, 3.63) is 52.8 Å². The maximum Gasteiger partial charge on any atom is 0.375 e. The lowest BCUT2D eigenvalue weighted by molar-refractivity contribution is 0.0658. The minimum absolute atomic E-state index is 0.0309. The predicted molar refractivity (Wildman–Crippen MR) is 124 cm³/mol. The van der Waals surface area contributed by atoms with Gasteiger partial charge in [0, 0.05) is 21.9 Å². The first kappa shape index (κ1) is 22.7. The molecule has 1 aromatic heterocycles. The van der Waals surface area contributed by atoms with Gasteiger partial charge >= 0.3 is 5.97 Å². The number of ketones is 1. The first-order chi connectivity index (χ1) is 14.8. The molecule has 0 spiro atoms. The number of carbonyl (C=O) groups excluding carboxylic acids is 1. The second kappa shape index (κ2) is 9.92. The largest absolute Gasteiger partial charge is 0.489 e. The van der Waals surface area contributed by atoms with Crippen LogP contribution in [0.3, 0.4) is 0 Å². The van der Waals surface area contributed by atoms with E-state index in [0.29, 0.717) is 35.2 Å². The number of rotatable bonds is 10. The molecule has 0 aliphatic rings. The molecule has 31 heavy (non-hydrogen) atoms. The van der Waals surface area contributed by atoms with Crippen molar-refractivity contribution >= 4 is 40.2 Å². The van der Waals surface area contributed by atoms with Crippen LogP contribution in [0.4, 0.5) is 5.69 Å². The molecule has 0 bridgehead atoms. The second-order valence-electron chi connectivity index (χ2n) is 7.38. The van der Waals surface area contributed by atoms with Gasteiger partial charge in [-0.3, -0.25) is 4.79 Å². The van der Waals surface area contributed by atoms with E-state index in [2.05, 4.69) is 6.92 Å². The van der Waals surface area contributed by atoms with E-state index in [0.717, 1.165) is 34.6 Å². The summed E-state index contributed by atoms with van der Waals surface area (Å²) in [5, 5.41) is 10.1. The monoisotopic (exact) mass is 441 g/mol. The molecule has 0 saturated carbocycles. The molecule has 0 unspecified atom stereocenters. The average molecular weight is 442 g/mol. The molecule has 0 radical (unpaired) electrons. The SMILES string of the molecule is CCCc1c(SCCCOc2c(C(=O)O)oc3c(C)cccc23)ccc(C(C)=O)c1N. The smallest absolute Gasteiger partial charge is 0.375 e. The Kier molecular flexibility index (Phi) is 7.28. The molecule has 0 atom stereocenters. The molecule has 0 aliphatic carbocycles. The van der Waals surface area contributed by atoms with Crippen molar-refractivity contribution in [2.45, 2.75) is 44.9 Å². The highest BCUT2D eigenvalue weighted by atomic mass is 32.2. The summed E-state index contributed by atoms with van der Waals surface area (Å²) in [5.74, 6) is -0.304. The molecule has 2 aromatic carbocycles. The summed E-state index contributed by atoms with van der Waals surface area (Å²) < 4.78 is 11.4. The van der Waals surface area contributed by atoms with Crippen molar-refractivity contribution in [2.24, 2.45) is 0 Å². The van der Waals surface area contributed by atoms with Gasteiger partial charge in [-0.2, -0.15) is 0 Å². The Morgan fingerprint density at radius 1 is 1.23 bits per heavy atom. The maximum absolute atomic E-state index is 11.8. The van der Waals surface area contributed by atoms with Crippen molar-refractivity contribution in [1.29, 1.82) is 0 Å². The summed E-state index contributed by atoms with van der Waals surface area (Å²) in [6, 6.07) is 9.27. The van der Waals surface area contributed by atoms with Crippen LogP contribution in [0, 0.1) is 6.92 Å². The number of anilines is 1. The quantitative estimate of drug-likeness (QED) is 0.179. The van der Waals surface area contributed by atoms with E-state index in [-0.39, 0.29) is 17.3 Å². The first-order valence-corrected chi connectivity index (χ1v) is 11.3. The molecule has 1 heterocycles. The Bertz CT molecular complexity index is 1120. The van der Waals surface area contributed by atoms with E-state index < -0.39 is 5.97 Å². The van der Waals surface area contributed by atoms with Gasteiger partial charge in [-0.15, -0.1) is 11.8 Å². The Morgan fingerprint density at radius 2 is 2.00 bits per heavy atom. The summed E-state index contributed by atoms with van der Waals surface area (Å²) in [6.45, 7) is 5.84. The molecule has 6 nitrogen and oxygen atoms in total. The van der Waals surface area contributed by atoms with Gasteiger partial charge in [0.1, 0.15) is 5.58 Å². The number of ether oxygens (including phenoxy) is 1. The third kappa shape index (κ3) is 4.88. The lowest BCUT2D eigenvalue weighted by Gasteiger charge is -2.14. The number of furan rings is 1. The van der Waals surface area contributed by atoms with Crippen LogP contribution in [0.15, 0.2) is 39.6 Å². The minimum Gasteiger partial charge on any atom is -0.489 e. The summed E-state index contributed by atoms with van der Waals surface area (Å²) in [7, 11) is 0. The van der Waals surface area contributed by atoms with Crippen LogP contribution >= 0.6 is 11.8 Å². The van der Waals surface area contributed by atoms with Crippen LogP contribution in [0.1, 0.15) is 58.7 Å². The number of carboxylic acids is 1. The highest BCUT2D eigenvalue weighted by Gasteiger charge is 2.22. The molecular weight excluding hydrogens is 414 g/mol. The van der Waals surface area contributed by atoms with Gasteiger partial charge in [0.25, 0.3) is 5.76 Å². The number of nitrogens with two attached hydrogens (primary N) is 1. The molecule has 0 amide bonds. The Hall–Kier alpha value is -2.93. The zero-order chi connectivity index (χ0) is 22.5. The molecule has 3 rings (SSSR count). The number of aryl methyl sites for hydroxylation is 1. The Morgan fingerprint density at radius 3 is 2.68 bits per heavy atom. The highest BCUT2D eigenvalue weighted by Crippen LogP contribution is 2.35. The summed E-state index contributed by atoms with van der Waals surface area (Å²) in [4.78, 5) is 24.4. The van der Waals surface area contributed by atoms with Crippen LogP contribution in [-0.4, -0.2) is 29.2 Å². The minimum atomic E-state index is -1.15.